The highest BCUT2D eigenvalue weighted by atomic mass is 127. The highest BCUT2D eigenvalue weighted by Gasteiger charge is 2.21. The molecule has 1 aromatic carbocycles. The summed E-state index contributed by atoms with van der Waals surface area (Å²) in [6.07, 6.45) is 13.0. The number of nitrogens with zero attached hydrogens (tertiary/aromatic N) is 2. The highest BCUT2D eigenvalue weighted by Crippen LogP contribution is 2.45. The molecule has 5 aromatic rings. The molecule has 44 heavy (non-hydrogen) atoms. The van der Waals surface area contributed by atoms with Gasteiger partial charge in [-0.2, -0.15) is 0 Å². The van der Waals surface area contributed by atoms with Gasteiger partial charge in [0.05, 0.1) is 37.3 Å². The Labute approximate surface area is 308 Å². The SMILES string of the molecule is CC(C)CCCC(C)CCc1ccc(-c2nc3c(I)c4sc(-c5ccc(CCC(C)CCCC(C)C)s5)nc4c(I)c3s2)s1. The van der Waals surface area contributed by atoms with Crippen LogP contribution in [0, 0.1) is 30.8 Å². The number of halogens is 2. The predicted octanol–water partition coefficient (Wildman–Crippen LogP) is 14.4. The van der Waals surface area contributed by atoms with E-state index in [2.05, 4.69) is 111 Å². The second kappa shape index (κ2) is 16.3. The zero-order chi connectivity index (χ0) is 31.4. The molecule has 2 nitrogen and oxygen atoms in total. The number of rotatable bonds is 16. The van der Waals surface area contributed by atoms with Crippen molar-refractivity contribution in [2.45, 2.75) is 106 Å². The summed E-state index contributed by atoms with van der Waals surface area (Å²) in [7, 11) is 0. The maximum Gasteiger partial charge on any atom is 0.134 e. The Morgan fingerprint density at radius 3 is 1.34 bits per heavy atom. The molecule has 4 heterocycles. The Hall–Kier alpha value is -0.140. The summed E-state index contributed by atoms with van der Waals surface area (Å²) in [5.41, 5.74) is 2.29. The Balaban J connectivity index is 1.26. The first-order chi connectivity index (χ1) is 21.1. The monoisotopic (exact) mass is 888 g/mol. The van der Waals surface area contributed by atoms with Crippen LogP contribution in [0.4, 0.5) is 0 Å². The quantitative estimate of drug-likeness (QED) is 0.0923. The summed E-state index contributed by atoms with van der Waals surface area (Å²) in [6.45, 7) is 14.2. The first kappa shape index (κ1) is 35.2. The van der Waals surface area contributed by atoms with Gasteiger partial charge >= 0.3 is 0 Å². The molecule has 0 saturated heterocycles. The number of aromatic nitrogens is 2. The van der Waals surface area contributed by atoms with Crippen molar-refractivity contribution in [2.75, 3.05) is 0 Å². The molecule has 0 bridgehead atoms. The van der Waals surface area contributed by atoms with E-state index in [9.17, 15) is 0 Å². The second-order valence-corrected chi connectivity index (χ2v) is 20.0. The van der Waals surface area contributed by atoms with E-state index in [4.69, 9.17) is 9.97 Å². The molecular weight excluding hydrogens is 842 g/mol. The average Bonchev–Trinajstić information content (AvgIpc) is 3.78. The van der Waals surface area contributed by atoms with Crippen molar-refractivity contribution < 1.29 is 0 Å². The lowest BCUT2D eigenvalue weighted by Crippen LogP contribution is -1.98. The van der Waals surface area contributed by atoms with Crippen LogP contribution in [0.3, 0.4) is 0 Å². The van der Waals surface area contributed by atoms with Gasteiger partial charge in [0.25, 0.3) is 0 Å². The molecule has 238 valence electrons. The van der Waals surface area contributed by atoms with E-state index in [1.807, 2.05) is 45.3 Å². The fourth-order valence-electron chi connectivity index (χ4n) is 5.73. The molecule has 0 fully saturated rings. The predicted molar refractivity (Wildman–Crippen MR) is 217 cm³/mol. The Bertz CT molecular complexity index is 1480. The second-order valence-electron chi connectivity index (χ2n) is 13.5. The molecule has 4 aromatic heterocycles. The number of benzene rings is 1. The molecule has 0 aliphatic carbocycles. The summed E-state index contributed by atoms with van der Waals surface area (Å²) >= 11 is 12.6. The molecule has 0 radical (unpaired) electrons. The molecular formula is C36H46I2N2S4. The van der Waals surface area contributed by atoms with E-state index in [1.54, 1.807) is 0 Å². The van der Waals surface area contributed by atoms with Gasteiger partial charge in [-0.3, -0.25) is 0 Å². The maximum atomic E-state index is 5.21. The van der Waals surface area contributed by atoms with E-state index in [0.717, 1.165) is 44.7 Å². The molecule has 5 rings (SSSR count). The number of thiophene rings is 2. The van der Waals surface area contributed by atoms with Crippen molar-refractivity contribution in [2.24, 2.45) is 23.7 Å². The van der Waals surface area contributed by atoms with Crippen LogP contribution in [0.5, 0.6) is 0 Å². The van der Waals surface area contributed by atoms with E-state index in [1.165, 1.54) is 100 Å². The molecule has 8 heteroatoms. The van der Waals surface area contributed by atoms with Crippen molar-refractivity contribution in [3.05, 3.63) is 41.2 Å². The number of hydrogen-bond donors (Lipinski definition) is 0. The van der Waals surface area contributed by atoms with Gasteiger partial charge in [0, 0.05) is 9.75 Å². The first-order valence-corrected chi connectivity index (χ1v) is 21.8. The van der Waals surface area contributed by atoms with Crippen LogP contribution in [0.2, 0.25) is 0 Å². The Kier molecular flexibility index (Phi) is 13.0. The van der Waals surface area contributed by atoms with Gasteiger partial charge in [0.15, 0.2) is 0 Å². The summed E-state index contributed by atoms with van der Waals surface area (Å²) < 4.78 is 5.05. The minimum Gasteiger partial charge on any atom is -0.234 e. The van der Waals surface area contributed by atoms with E-state index in [0.29, 0.717) is 0 Å². The van der Waals surface area contributed by atoms with Crippen LogP contribution < -0.4 is 0 Å². The normalized spacial score (nSPS) is 13.7. The zero-order valence-corrected chi connectivity index (χ0v) is 34.6. The average molecular weight is 889 g/mol. The number of aryl methyl sites for hydroxylation is 2. The third-order valence-electron chi connectivity index (χ3n) is 8.54. The van der Waals surface area contributed by atoms with Gasteiger partial charge in [-0.15, -0.1) is 45.3 Å². The van der Waals surface area contributed by atoms with Gasteiger partial charge in [-0.25, -0.2) is 9.97 Å². The van der Waals surface area contributed by atoms with E-state index >= 15 is 0 Å². The summed E-state index contributed by atoms with van der Waals surface area (Å²) in [6, 6.07) is 9.25. The summed E-state index contributed by atoms with van der Waals surface area (Å²) in [5, 5.41) is 2.30. The molecule has 0 saturated carbocycles. The number of hydrogen-bond acceptors (Lipinski definition) is 6. The largest absolute Gasteiger partial charge is 0.234 e. The van der Waals surface area contributed by atoms with Gasteiger partial charge in [0.2, 0.25) is 0 Å². The van der Waals surface area contributed by atoms with Crippen LogP contribution in [0.1, 0.15) is 103 Å². The molecule has 2 atom stereocenters. The summed E-state index contributed by atoms with van der Waals surface area (Å²) in [4.78, 5) is 16.0. The van der Waals surface area contributed by atoms with Gasteiger partial charge in [-0.05, 0) is 119 Å². The smallest absolute Gasteiger partial charge is 0.134 e. The van der Waals surface area contributed by atoms with Gasteiger partial charge in [-0.1, -0.05) is 80.1 Å². The molecule has 0 spiro atoms. The molecule has 0 amide bonds. The Morgan fingerprint density at radius 2 is 0.955 bits per heavy atom. The van der Waals surface area contributed by atoms with Crippen LogP contribution in [-0.4, -0.2) is 9.97 Å². The lowest BCUT2D eigenvalue weighted by molar-refractivity contribution is 0.437. The van der Waals surface area contributed by atoms with E-state index in [-0.39, 0.29) is 0 Å². The Morgan fingerprint density at radius 1 is 0.545 bits per heavy atom. The first-order valence-electron chi connectivity index (χ1n) is 16.3. The van der Waals surface area contributed by atoms with Crippen molar-refractivity contribution in [1.29, 1.82) is 0 Å². The highest BCUT2D eigenvalue weighted by molar-refractivity contribution is 14.1. The van der Waals surface area contributed by atoms with Crippen LogP contribution in [0.15, 0.2) is 24.3 Å². The van der Waals surface area contributed by atoms with E-state index < -0.39 is 0 Å². The van der Waals surface area contributed by atoms with Gasteiger partial charge < -0.3 is 0 Å². The maximum absolute atomic E-state index is 5.21. The van der Waals surface area contributed by atoms with Gasteiger partial charge in [0.1, 0.15) is 10.0 Å². The number of fused-ring (bicyclic) bond motifs is 2. The van der Waals surface area contributed by atoms with Crippen molar-refractivity contribution >= 4 is 111 Å². The molecule has 0 aliphatic rings. The topological polar surface area (TPSA) is 25.8 Å². The lowest BCUT2D eigenvalue weighted by atomic mass is 9.96. The van der Waals surface area contributed by atoms with Crippen molar-refractivity contribution in [3.63, 3.8) is 0 Å². The minimum absolute atomic E-state index is 0.795. The zero-order valence-electron chi connectivity index (χ0n) is 27.0. The van der Waals surface area contributed by atoms with Crippen molar-refractivity contribution in [1.82, 2.24) is 9.97 Å². The van der Waals surface area contributed by atoms with Crippen LogP contribution in [0.25, 0.3) is 40.2 Å². The third-order valence-corrected chi connectivity index (χ3v) is 16.1. The third kappa shape index (κ3) is 9.05. The molecule has 0 aliphatic heterocycles. The van der Waals surface area contributed by atoms with Crippen molar-refractivity contribution in [3.8, 4) is 19.8 Å². The van der Waals surface area contributed by atoms with Crippen LogP contribution >= 0.6 is 90.5 Å². The fourth-order valence-corrected chi connectivity index (χ4v) is 12.2. The van der Waals surface area contributed by atoms with Crippen LogP contribution in [-0.2, 0) is 12.8 Å². The standard InChI is InChI=1S/C36H46I2N2S4/c1-21(2)9-7-11-23(5)13-15-25-17-19-27(41-25)35-39-31-29(37)34-32(30(38)33(31)43-35)40-36(44-34)28-20-18-26(42-28)16-14-24(6)12-8-10-22(3)4/h17-24H,7-16H2,1-6H3. The lowest BCUT2D eigenvalue weighted by Gasteiger charge is -2.11. The minimum atomic E-state index is 0.795. The number of thiazole rings is 2. The molecule has 0 N–H and O–H groups in total. The summed E-state index contributed by atoms with van der Waals surface area (Å²) in [5.74, 6) is 3.23. The fraction of sp³-hybridized carbons (Fsp3) is 0.556. The molecule has 2 unspecified atom stereocenters.